The Kier molecular flexibility index (Phi) is 4.11. The van der Waals surface area contributed by atoms with Crippen molar-refractivity contribution in [1.29, 1.82) is 0 Å². The van der Waals surface area contributed by atoms with Gasteiger partial charge in [0.2, 0.25) is 0 Å². The lowest BCUT2D eigenvalue weighted by Gasteiger charge is -2.21. The second kappa shape index (κ2) is 5.79. The van der Waals surface area contributed by atoms with E-state index in [0.29, 0.717) is 5.82 Å². The summed E-state index contributed by atoms with van der Waals surface area (Å²) in [6.45, 7) is 5.43. The first-order valence-electron chi connectivity index (χ1n) is 6.00. The summed E-state index contributed by atoms with van der Waals surface area (Å²) in [5.41, 5.74) is 2.59. The molecule has 2 heterocycles. The number of hydrazine groups is 1. The number of aryl methyl sites for hydroxylation is 1. The number of hydrogen-bond acceptors (Lipinski definition) is 6. The van der Waals surface area contributed by atoms with Crippen molar-refractivity contribution in [2.75, 3.05) is 36.6 Å². The van der Waals surface area contributed by atoms with Gasteiger partial charge >= 0.3 is 0 Å². The van der Waals surface area contributed by atoms with Gasteiger partial charge in [-0.25, -0.2) is 15.8 Å². The Hall–Kier alpha value is -1.40. The SMILES string of the molecule is CCc1nc(NN)cc(N2CCCOCC2)n1. The van der Waals surface area contributed by atoms with Gasteiger partial charge in [0.15, 0.2) is 0 Å². The molecule has 3 N–H and O–H groups in total. The first kappa shape index (κ1) is 12.1. The Bertz CT molecular complexity index is 341. The van der Waals surface area contributed by atoms with E-state index >= 15 is 0 Å². The zero-order chi connectivity index (χ0) is 12.1. The van der Waals surface area contributed by atoms with Crippen molar-refractivity contribution in [1.82, 2.24) is 9.97 Å². The molecule has 1 fully saturated rings. The molecule has 6 heteroatoms. The Labute approximate surface area is 101 Å². The monoisotopic (exact) mass is 237 g/mol. The van der Waals surface area contributed by atoms with Crippen LogP contribution < -0.4 is 16.2 Å². The third-order valence-electron chi connectivity index (χ3n) is 2.77. The van der Waals surface area contributed by atoms with Gasteiger partial charge in [-0.1, -0.05) is 6.92 Å². The molecule has 0 atom stereocenters. The lowest BCUT2D eigenvalue weighted by atomic mass is 10.3. The topological polar surface area (TPSA) is 76.3 Å². The minimum Gasteiger partial charge on any atom is -0.380 e. The molecule has 6 nitrogen and oxygen atoms in total. The van der Waals surface area contributed by atoms with E-state index in [4.69, 9.17) is 10.6 Å². The second-order valence-electron chi connectivity index (χ2n) is 3.98. The molecule has 0 saturated carbocycles. The van der Waals surface area contributed by atoms with Gasteiger partial charge in [-0.15, -0.1) is 0 Å². The van der Waals surface area contributed by atoms with Gasteiger partial charge in [-0.3, -0.25) is 0 Å². The van der Waals surface area contributed by atoms with E-state index < -0.39 is 0 Å². The average Bonchev–Trinajstić information content (AvgIpc) is 2.67. The van der Waals surface area contributed by atoms with Crippen LogP contribution in [-0.4, -0.2) is 36.3 Å². The number of nitrogen functional groups attached to an aromatic ring is 1. The van der Waals surface area contributed by atoms with Crippen molar-refractivity contribution < 1.29 is 4.74 Å². The minimum absolute atomic E-state index is 0.664. The molecule has 0 unspecified atom stereocenters. The van der Waals surface area contributed by atoms with E-state index in [1.165, 1.54) is 0 Å². The molecule has 0 aromatic carbocycles. The van der Waals surface area contributed by atoms with E-state index in [9.17, 15) is 0 Å². The predicted octanol–water partition coefficient (Wildman–Crippen LogP) is 0.551. The largest absolute Gasteiger partial charge is 0.380 e. The zero-order valence-electron chi connectivity index (χ0n) is 10.1. The molecular formula is C11H19N5O. The highest BCUT2D eigenvalue weighted by Crippen LogP contribution is 2.17. The van der Waals surface area contributed by atoms with Crippen LogP contribution in [0, 0.1) is 0 Å². The molecular weight excluding hydrogens is 218 g/mol. The van der Waals surface area contributed by atoms with Crippen molar-refractivity contribution in [2.24, 2.45) is 5.84 Å². The lowest BCUT2D eigenvalue weighted by molar-refractivity contribution is 0.152. The van der Waals surface area contributed by atoms with Crippen LogP contribution in [-0.2, 0) is 11.2 Å². The number of aromatic nitrogens is 2. The molecule has 0 spiro atoms. The summed E-state index contributed by atoms with van der Waals surface area (Å²) >= 11 is 0. The highest BCUT2D eigenvalue weighted by atomic mass is 16.5. The molecule has 2 rings (SSSR count). The van der Waals surface area contributed by atoms with Crippen LogP contribution in [0.2, 0.25) is 0 Å². The number of nitrogens with two attached hydrogens (primary N) is 1. The van der Waals surface area contributed by atoms with E-state index in [-0.39, 0.29) is 0 Å². The van der Waals surface area contributed by atoms with Crippen LogP contribution >= 0.6 is 0 Å². The molecule has 1 aromatic heterocycles. The third kappa shape index (κ3) is 3.04. The fourth-order valence-corrected chi connectivity index (χ4v) is 1.85. The first-order chi connectivity index (χ1) is 8.33. The summed E-state index contributed by atoms with van der Waals surface area (Å²) in [6, 6.07) is 1.88. The molecule has 1 aliphatic heterocycles. The van der Waals surface area contributed by atoms with Gasteiger partial charge in [0, 0.05) is 32.2 Å². The number of anilines is 2. The summed E-state index contributed by atoms with van der Waals surface area (Å²) in [5, 5.41) is 0. The van der Waals surface area contributed by atoms with Gasteiger partial charge in [0.25, 0.3) is 0 Å². The standard InChI is InChI=1S/C11H19N5O/c1-2-9-13-10(15-12)8-11(14-9)16-4-3-6-17-7-5-16/h8H,2-7,12H2,1H3,(H,13,14,15). The maximum atomic E-state index is 5.43. The number of ether oxygens (including phenoxy) is 1. The highest BCUT2D eigenvalue weighted by molar-refractivity contribution is 5.49. The van der Waals surface area contributed by atoms with Gasteiger partial charge in [0.05, 0.1) is 6.61 Å². The van der Waals surface area contributed by atoms with Crippen molar-refractivity contribution in [2.45, 2.75) is 19.8 Å². The van der Waals surface area contributed by atoms with Crippen molar-refractivity contribution in [3.63, 3.8) is 0 Å². The summed E-state index contributed by atoms with van der Waals surface area (Å²) in [4.78, 5) is 11.0. The number of nitrogens with one attached hydrogen (secondary N) is 1. The highest BCUT2D eigenvalue weighted by Gasteiger charge is 2.13. The maximum Gasteiger partial charge on any atom is 0.145 e. The molecule has 0 radical (unpaired) electrons. The van der Waals surface area contributed by atoms with Crippen LogP contribution in [0.5, 0.6) is 0 Å². The van der Waals surface area contributed by atoms with Crippen molar-refractivity contribution >= 4 is 11.6 Å². The maximum absolute atomic E-state index is 5.43. The van der Waals surface area contributed by atoms with Crippen molar-refractivity contribution in [3.8, 4) is 0 Å². The van der Waals surface area contributed by atoms with Gasteiger partial charge in [-0.2, -0.15) is 0 Å². The normalized spacial score (nSPS) is 16.7. The summed E-state index contributed by atoms with van der Waals surface area (Å²) in [5.74, 6) is 7.82. The van der Waals surface area contributed by atoms with Gasteiger partial charge in [-0.05, 0) is 6.42 Å². The van der Waals surface area contributed by atoms with Gasteiger partial charge in [0.1, 0.15) is 17.5 Å². The Balaban J connectivity index is 2.22. The van der Waals surface area contributed by atoms with Crippen LogP contribution in [0.1, 0.15) is 19.2 Å². The van der Waals surface area contributed by atoms with Gasteiger partial charge < -0.3 is 15.1 Å². The van der Waals surface area contributed by atoms with Crippen molar-refractivity contribution in [3.05, 3.63) is 11.9 Å². The number of nitrogens with zero attached hydrogens (tertiary/aromatic N) is 3. The van der Waals surface area contributed by atoms with E-state index in [1.54, 1.807) is 0 Å². The first-order valence-corrected chi connectivity index (χ1v) is 6.00. The molecule has 1 saturated heterocycles. The molecule has 0 aliphatic carbocycles. The summed E-state index contributed by atoms with van der Waals surface area (Å²) in [6.07, 6.45) is 1.82. The fourth-order valence-electron chi connectivity index (χ4n) is 1.85. The second-order valence-corrected chi connectivity index (χ2v) is 3.98. The summed E-state index contributed by atoms with van der Waals surface area (Å²) < 4.78 is 5.43. The molecule has 0 amide bonds. The zero-order valence-corrected chi connectivity index (χ0v) is 10.1. The molecule has 17 heavy (non-hydrogen) atoms. The van der Waals surface area contributed by atoms with Crippen LogP contribution in [0.4, 0.5) is 11.6 Å². The number of hydrogen-bond donors (Lipinski definition) is 2. The molecule has 94 valence electrons. The van der Waals surface area contributed by atoms with E-state index in [0.717, 1.165) is 50.8 Å². The Morgan fingerprint density at radius 3 is 3.06 bits per heavy atom. The van der Waals surface area contributed by atoms with Crippen LogP contribution in [0.25, 0.3) is 0 Å². The Morgan fingerprint density at radius 2 is 2.29 bits per heavy atom. The minimum atomic E-state index is 0.664. The molecule has 1 aromatic rings. The van der Waals surface area contributed by atoms with Crippen LogP contribution in [0.3, 0.4) is 0 Å². The quantitative estimate of drug-likeness (QED) is 0.590. The molecule has 1 aliphatic rings. The lowest BCUT2D eigenvalue weighted by Crippen LogP contribution is -2.27. The summed E-state index contributed by atoms with van der Waals surface area (Å²) in [7, 11) is 0. The predicted molar refractivity (Wildman–Crippen MR) is 66.9 cm³/mol. The van der Waals surface area contributed by atoms with E-state index in [1.807, 2.05) is 13.0 Å². The molecule has 0 bridgehead atoms. The fraction of sp³-hybridized carbons (Fsp3) is 0.636. The third-order valence-corrected chi connectivity index (χ3v) is 2.77. The van der Waals surface area contributed by atoms with E-state index in [2.05, 4.69) is 20.3 Å². The smallest absolute Gasteiger partial charge is 0.145 e. The average molecular weight is 237 g/mol. The van der Waals surface area contributed by atoms with Crippen LogP contribution in [0.15, 0.2) is 6.07 Å². The Morgan fingerprint density at radius 1 is 1.41 bits per heavy atom. The number of rotatable bonds is 3.